The molecule has 0 bridgehead atoms. The van der Waals surface area contributed by atoms with Crippen LogP contribution in [-0.4, -0.2) is 47.2 Å². The van der Waals surface area contributed by atoms with E-state index in [1.807, 2.05) is 12.1 Å². The molecule has 0 unspecified atom stereocenters. The third kappa shape index (κ3) is 3.82. The van der Waals surface area contributed by atoms with Gasteiger partial charge in [-0.1, -0.05) is 36.4 Å². The zero-order valence-corrected chi connectivity index (χ0v) is 15.7. The summed E-state index contributed by atoms with van der Waals surface area (Å²) in [6, 6.07) is 14.8. The first-order valence-electron chi connectivity index (χ1n) is 9.64. The molecule has 0 aliphatic carbocycles. The average molecular weight is 377 g/mol. The first kappa shape index (κ1) is 18.4. The molecule has 4 rings (SSSR count). The summed E-state index contributed by atoms with van der Waals surface area (Å²) in [4.78, 5) is 40.3. The summed E-state index contributed by atoms with van der Waals surface area (Å²) in [5.41, 5.74) is 2.96. The lowest BCUT2D eigenvalue weighted by atomic mass is 10.1. The largest absolute Gasteiger partial charge is 0.350 e. The molecule has 0 saturated carbocycles. The van der Waals surface area contributed by atoms with Crippen molar-refractivity contribution >= 4 is 17.7 Å². The molecule has 2 aliphatic rings. The smallest absolute Gasteiger partial charge is 0.262 e. The summed E-state index contributed by atoms with van der Waals surface area (Å²) in [7, 11) is 0. The van der Waals surface area contributed by atoms with Crippen LogP contribution in [-0.2, 0) is 17.9 Å². The molecular weight excluding hydrogens is 354 g/mol. The third-order valence-corrected chi connectivity index (χ3v) is 5.30. The lowest BCUT2D eigenvalue weighted by Gasteiger charge is -2.15. The normalized spacial score (nSPS) is 16.5. The van der Waals surface area contributed by atoms with E-state index in [1.54, 1.807) is 24.3 Å². The van der Waals surface area contributed by atoms with Gasteiger partial charge in [0.2, 0.25) is 5.91 Å². The van der Waals surface area contributed by atoms with E-state index in [1.165, 1.54) is 18.4 Å². The highest BCUT2D eigenvalue weighted by molar-refractivity contribution is 6.22. The van der Waals surface area contributed by atoms with Gasteiger partial charge in [-0.2, -0.15) is 0 Å². The predicted molar refractivity (Wildman–Crippen MR) is 105 cm³/mol. The van der Waals surface area contributed by atoms with Gasteiger partial charge >= 0.3 is 0 Å². The summed E-state index contributed by atoms with van der Waals surface area (Å²) in [5.74, 6) is -1.18. The minimum Gasteiger partial charge on any atom is -0.350 e. The number of benzene rings is 2. The fourth-order valence-electron chi connectivity index (χ4n) is 3.74. The molecule has 2 aromatic rings. The Hall–Kier alpha value is -2.99. The number of nitrogens with one attached hydrogen (secondary N) is 1. The van der Waals surface area contributed by atoms with Crippen LogP contribution >= 0.6 is 0 Å². The highest BCUT2D eigenvalue weighted by atomic mass is 16.2. The Morgan fingerprint density at radius 3 is 2.04 bits per heavy atom. The second-order valence-corrected chi connectivity index (χ2v) is 7.32. The number of imide groups is 1. The van der Waals surface area contributed by atoms with Gasteiger partial charge in [-0.15, -0.1) is 0 Å². The van der Waals surface area contributed by atoms with Crippen molar-refractivity contribution in [3.05, 3.63) is 70.8 Å². The molecule has 2 aliphatic heterocycles. The van der Waals surface area contributed by atoms with Crippen molar-refractivity contribution in [3.8, 4) is 0 Å². The Morgan fingerprint density at radius 2 is 1.43 bits per heavy atom. The maximum Gasteiger partial charge on any atom is 0.262 e. The lowest BCUT2D eigenvalue weighted by molar-refractivity contribution is -0.121. The van der Waals surface area contributed by atoms with E-state index in [-0.39, 0.29) is 12.5 Å². The van der Waals surface area contributed by atoms with Gasteiger partial charge in [0.15, 0.2) is 0 Å². The first-order chi connectivity index (χ1) is 13.6. The van der Waals surface area contributed by atoms with Gasteiger partial charge in [0, 0.05) is 13.1 Å². The number of likely N-dealkylation sites (tertiary alicyclic amines) is 1. The van der Waals surface area contributed by atoms with Crippen LogP contribution in [0.15, 0.2) is 48.5 Å². The van der Waals surface area contributed by atoms with Gasteiger partial charge in [0.1, 0.15) is 6.54 Å². The maximum absolute atomic E-state index is 12.3. The summed E-state index contributed by atoms with van der Waals surface area (Å²) >= 11 is 0. The topological polar surface area (TPSA) is 69.7 Å². The van der Waals surface area contributed by atoms with Crippen LogP contribution in [0.25, 0.3) is 0 Å². The molecule has 2 aromatic carbocycles. The van der Waals surface area contributed by atoms with Gasteiger partial charge in [-0.3, -0.25) is 24.2 Å². The molecule has 0 aromatic heterocycles. The van der Waals surface area contributed by atoms with Crippen LogP contribution in [0.4, 0.5) is 0 Å². The summed E-state index contributed by atoms with van der Waals surface area (Å²) in [6.45, 7) is 3.39. The summed E-state index contributed by atoms with van der Waals surface area (Å²) in [6.07, 6.45) is 2.55. The fourth-order valence-corrected chi connectivity index (χ4v) is 3.74. The molecule has 6 nitrogen and oxygen atoms in total. The number of amides is 3. The molecule has 3 amide bonds. The number of carbonyl (C=O) groups excluding carboxylic acids is 3. The number of fused-ring (bicyclic) bond motifs is 1. The summed E-state index contributed by atoms with van der Waals surface area (Å²) < 4.78 is 0. The number of carbonyl (C=O) groups is 3. The van der Waals surface area contributed by atoms with Crippen LogP contribution in [0.1, 0.15) is 44.7 Å². The predicted octanol–water partition coefficient (Wildman–Crippen LogP) is 2.19. The lowest BCUT2D eigenvalue weighted by Crippen LogP contribution is -2.40. The minimum atomic E-state index is -0.415. The number of hydrogen-bond acceptors (Lipinski definition) is 4. The Morgan fingerprint density at radius 1 is 0.857 bits per heavy atom. The molecule has 6 heteroatoms. The van der Waals surface area contributed by atoms with E-state index in [0.29, 0.717) is 17.7 Å². The summed E-state index contributed by atoms with van der Waals surface area (Å²) in [5, 5.41) is 2.79. The minimum absolute atomic E-state index is 0.264. The van der Waals surface area contributed by atoms with Crippen molar-refractivity contribution in [2.45, 2.75) is 25.9 Å². The third-order valence-electron chi connectivity index (χ3n) is 5.30. The van der Waals surface area contributed by atoms with Crippen molar-refractivity contribution in [1.82, 2.24) is 15.1 Å². The van der Waals surface area contributed by atoms with E-state index in [0.717, 1.165) is 30.1 Å². The molecule has 1 fully saturated rings. The molecule has 0 atom stereocenters. The van der Waals surface area contributed by atoms with Gasteiger partial charge in [-0.25, -0.2) is 0 Å². The van der Waals surface area contributed by atoms with E-state index in [9.17, 15) is 14.4 Å². The molecule has 1 saturated heterocycles. The van der Waals surface area contributed by atoms with E-state index >= 15 is 0 Å². The Labute approximate surface area is 164 Å². The zero-order valence-electron chi connectivity index (χ0n) is 15.7. The fraction of sp³-hybridized carbons (Fsp3) is 0.318. The number of hydrogen-bond donors (Lipinski definition) is 1. The van der Waals surface area contributed by atoms with Crippen molar-refractivity contribution in [2.75, 3.05) is 19.6 Å². The van der Waals surface area contributed by atoms with Gasteiger partial charge in [0.25, 0.3) is 11.8 Å². The number of rotatable bonds is 6. The molecule has 0 radical (unpaired) electrons. The average Bonchev–Trinajstić information content (AvgIpc) is 3.31. The zero-order chi connectivity index (χ0) is 19.5. The van der Waals surface area contributed by atoms with Crippen LogP contribution in [0.3, 0.4) is 0 Å². The van der Waals surface area contributed by atoms with Crippen molar-refractivity contribution in [3.63, 3.8) is 0 Å². The Kier molecular flexibility index (Phi) is 5.21. The SMILES string of the molecule is O=C(CN1C(=O)c2ccccc2C1=O)NCc1ccc(CN2CCCC2)cc1. The van der Waals surface area contributed by atoms with Crippen molar-refractivity contribution in [1.29, 1.82) is 0 Å². The van der Waals surface area contributed by atoms with Crippen LogP contribution in [0.2, 0.25) is 0 Å². The maximum atomic E-state index is 12.3. The Bertz CT molecular complexity index is 866. The molecular formula is C22H23N3O3. The standard InChI is InChI=1S/C22H23N3O3/c26-20(15-25-21(27)18-5-1-2-6-19(18)22(25)28)23-13-16-7-9-17(10-8-16)14-24-11-3-4-12-24/h1-2,5-10H,3-4,11-15H2,(H,23,26). The second-order valence-electron chi connectivity index (χ2n) is 7.32. The molecule has 144 valence electrons. The monoisotopic (exact) mass is 377 g/mol. The highest BCUT2D eigenvalue weighted by Gasteiger charge is 2.36. The van der Waals surface area contributed by atoms with Gasteiger partial charge < -0.3 is 5.32 Å². The first-order valence-corrected chi connectivity index (χ1v) is 9.64. The van der Waals surface area contributed by atoms with Crippen LogP contribution < -0.4 is 5.32 Å². The number of nitrogens with zero attached hydrogens (tertiary/aromatic N) is 2. The van der Waals surface area contributed by atoms with Gasteiger partial charge in [0.05, 0.1) is 11.1 Å². The van der Waals surface area contributed by atoms with Crippen molar-refractivity contribution in [2.24, 2.45) is 0 Å². The van der Waals surface area contributed by atoms with Crippen molar-refractivity contribution < 1.29 is 14.4 Å². The molecule has 28 heavy (non-hydrogen) atoms. The molecule has 1 N–H and O–H groups in total. The van der Waals surface area contributed by atoms with Crippen LogP contribution in [0.5, 0.6) is 0 Å². The second kappa shape index (κ2) is 7.94. The molecule has 0 spiro atoms. The van der Waals surface area contributed by atoms with E-state index in [4.69, 9.17) is 0 Å². The van der Waals surface area contributed by atoms with E-state index < -0.39 is 11.8 Å². The van der Waals surface area contributed by atoms with Crippen LogP contribution in [0, 0.1) is 0 Å². The molecule has 2 heterocycles. The quantitative estimate of drug-likeness (QED) is 0.784. The van der Waals surface area contributed by atoms with E-state index in [2.05, 4.69) is 22.3 Å². The Balaban J connectivity index is 1.29. The highest BCUT2D eigenvalue weighted by Crippen LogP contribution is 2.22. The van der Waals surface area contributed by atoms with Gasteiger partial charge in [-0.05, 0) is 49.2 Å².